The molecule has 18 heteroatoms. The topological polar surface area (TPSA) is 155 Å². The Hall–Kier alpha value is -12.7. The van der Waals surface area contributed by atoms with Crippen molar-refractivity contribution in [1.82, 2.24) is 44.9 Å². The largest absolute Gasteiger partial charge is 0.499 e. The number of aromatic nitrogens is 9. The number of benzene rings is 9. The number of para-hydroxylation sites is 1. The van der Waals surface area contributed by atoms with Gasteiger partial charge < -0.3 is 48.1 Å². The summed E-state index contributed by atoms with van der Waals surface area (Å²) in [7, 11) is -5.26. The molecule has 627 valence electrons. The van der Waals surface area contributed by atoms with E-state index in [9.17, 15) is 0 Å². The molecule has 0 bridgehead atoms. The van der Waals surface area contributed by atoms with Gasteiger partial charge in [-0.05, 0) is 125 Å². The second kappa shape index (κ2) is 41.9. The van der Waals surface area contributed by atoms with Crippen LogP contribution in [-0.2, 0) is 60.3 Å². The number of pyridine rings is 9. The van der Waals surface area contributed by atoms with E-state index in [-0.39, 0.29) is 60.3 Å². The molecule has 0 fully saturated rings. The minimum absolute atomic E-state index is 0. The number of fused-ring (bicyclic) bond motifs is 9. The quantitative estimate of drug-likeness (QED) is 0.0844. The van der Waals surface area contributed by atoms with Crippen LogP contribution in [0, 0.1) is 57.3 Å². The summed E-state index contributed by atoms with van der Waals surface area (Å²) < 4.78 is 17.7. The standard InChI is InChI=1S/C26H23N2OSi.C25H21N2OSi.C24H19N2OSi.3C11H8N.3Ir/c1-17-14-23-22-15-19(10-13-25(22)29-26(23)18(2)28-17)24-12-11-21(16-27-24)30(3,4)20-8-6-5-7-9-20;1-17-9-12-21-22-15-18(10-14-24(22)28-25(21)27-17)23-13-11-20(16-26-23)29(2,3)19-7-5-4-6-8-19;1-28(2,18-8-4-3-5-9-18)19-12-13-22(25-16-19)17-14-21-20-10-6-7-11-23(20)27-24(21)26-15-17;3*1-2-6-10(7-3-1)11-8-4-5-9-12-11;;;/h5-9,11-16H,1-4H3;4-9,11-16H,1-3H3;3-14,16H,1-2H3;3*1-6,8-9H;;;/q6*-1;;;. The van der Waals surface area contributed by atoms with Crippen molar-refractivity contribution in [2.45, 2.75) is 60.1 Å². The molecule has 3 radical (unpaired) electrons. The Bertz CT molecular complexity index is 6790. The fourth-order valence-corrected chi connectivity index (χ4v) is 21.5. The molecular weight excluding hydrogens is 2130 g/mol. The van der Waals surface area contributed by atoms with Crippen LogP contribution in [0.4, 0.5) is 0 Å². The Morgan fingerprint density at radius 1 is 0.262 bits per heavy atom. The summed E-state index contributed by atoms with van der Waals surface area (Å²) in [5, 5.41) is 14.5. The van der Waals surface area contributed by atoms with Crippen LogP contribution in [-0.4, -0.2) is 69.1 Å². The molecule has 12 heterocycles. The van der Waals surface area contributed by atoms with Gasteiger partial charge in [0, 0.05) is 125 Å². The number of hydrogen-bond acceptors (Lipinski definition) is 12. The summed E-state index contributed by atoms with van der Waals surface area (Å²) in [6, 6.07) is 127. The molecular formula is C108H87Ir3N9O3Si3-6. The normalized spacial score (nSPS) is 11.0. The monoisotopic (exact) mass is 2220 g/mol. The van der Waals surface area contributed by atoms with Crippen LogP contribution in [0.3, 0.4) is 0 Å². The Kier molecular flexibility index (Phi) is 30.3. The zero-order chi connectivity index (χ0) is 84.7. The Morgan fingerprint density at radius 3 is 1.07 bits per heavy atom. The predicted molar refractivity (Wildman–Crippen MR) is 510 cm³/mol. The molecule has 0 saturated carbocycles. The van der Waals surface area contributed by atoms with E-state index in [4.69, 9.17) is 28.2 Å². The number of rotatable bonds is 12. The van der Waals surface area contributed by atoms with Crippen LogP contribution in [0.25, 0.3) is 134 Å². The maximum absolute atomic E-state index is 6.03. The van der Waals surface area contributed by atoms with Crippen molar-refractivity contribution in [2.75, 3.05) is 0 Å². The summed E-state index contributed by atoms with van der Waals surface area (Å²) in [5.41, 5.74) is 19.0. The molecule has 126 heavy (non-hydrogen) atoms. The molecule has 0 unspecified atom stereocenters. The van der Waals surface area contributed by atoms with Gasteiger partial charge in [0.05, 0.1) is 16.9 Å². The molecule has 0 aliphatic rings. The van der Waals surface area contributed by atoms with Crippen molar-refractivity contribution < 1.29 is 73.6 Å². The molecule has 0 atom stereocenters. The molecule has 0 aliphatic carbocycles. The van der Waals surface area contributed by atoms with Crippen molar-refractivity contribution in [1.29, 1.82) is 0 Å². The zero-order valence-electron chi connectivity index (χ0n) is 70.9. The molecule has 12 aromatic heterocycles. The average molecular weight is 2220 g/mol. The average Bonchev–Trinajstić information content (AvgIpc) is 1.61. The number of furan rings is 3. The summed E-state index contributed by atoms with van der Waals surface area (Å²) in [5.74, 6) is 0. The van der Waals surface area contributed by atoms with Gasteiger partial charge >= 0.3 is 0 Å². The van der Waals surface area contributed by atoms with E-state index < -0.39 is 24.2 Å². The summed E-state index contributed by atoms with van der Waals surface area (Å²) in [6.45, 7) is 20.2. The molecule has 0 N–H and O–H groups in total. The first-order chi connectivity index (χ1) is 60.0. The maximum Gasteiger partial charge on any atom is 0.216 e. The van der Waals surface area contributed by atoms with Crippen molar-refractivity contribution in [2.24, 2.45) is 0 Å². The first-order valence-corrected chi connectivity index (χ1v) is 49.8. The molecule has 21 aromatic rings. The van der Waals surface area contributed by atoms with Crippen LogP contribution in [0.2, 0.25) is 39.3 Å². The summed E-state index contributed by atoms with van der Waals surface area (Å²) in [6.07, 6.45) is 14.5. The Balaban J connectivity index is 0.000000134. The molecule has 0 spiro atoms. The van der Waals surface area contributed by atoms with Gasteiger partial charge in [-0.1, -0.05) is 248 Å². The van der Waals surface area contributed by atoms with Crippen LogP contribution >= 0.6 is 0 Å². The first kappa shape index (κ1) is 91.0. The van der Waals surface area contributed by atoms with Crippen LogP contribution < -0.4 is 31.1 Å². The third-order valence-corrected chi connectivity index (χ3v) is 32.5. The molecule has 9 aromatic carbocycles. The van der Waals surface area contributed by atoms with Crippen molar-refractivity contribution in [3.63, 3.8) is 0 Å². The second-order valence-electron chi connectivity index (χ2n) is 31.3. The van der Waals surface area contributed by atoms with Crippen molar-refractivity contribution in [3.05, 3.63) is 418 Å². The molecule has 0 amide bonds. The van der Waals surface area contributed by atoms with E-state index in [0.717, 1.165) is 139 Å². The van der Waals surface area contributed by atoms with Crippen molar-refractivity contribution >= 4 is 121 Å². The van der Waals surface area contributed by atoms with Gasteiger partial charge in [-0.15, -0.1) is 167 Å². The van der Waals surface area contributed by atoms with E-state index in [0.29, 0.717) is 11.4 Å². The number of aryl methyl sites for hydroxylation is 3. The van der Waals surface area contributed by atoms with E-state index in [1.165, 1.54) is 31.1 Å². The number of nitrogens with zero attached hydrogens (tertiary/aromatic N) is 9. The van der Waals surface area contributed by atoms with Gasteiger partial charge in [-0.25, -0.2) is 4.98 Å². The maximum atomic E-state index is 6.03. The van der Waals surface area contributed by atoms with Gasteiger partial charge in [0.2, 0.25) is 5.71 Å². The third kappa shape index (κ3) is 21.3. The number of hydrogen-bond donors (Lipinski definition) is 0. The van der Waals surface area contributed by atoms with Gasteiger partial charge in [0.1, 0.15) is 41.1 Å². The molecule has 12 nitrogen and oxygen atoms in total. The van der Waals surface area contributed by atoms with Gasteiger partial charge in [-0.3, -0.25) is 4.98 Å². The van der Waals surface area contributed by atoms with Gasteiger partial charge in [0.25, 0.3) is 0 Å². The van der Waals surface area contributed by atoms with Gasteiger partial charge in [0.15, 0.2) is 0 Å². The predicted octanol–water partition coefficient (Wildman–Crippen LogP) is 22.6. The summed E-state index contributed by atoms with van der Waals surface area (Å²) >= 11 is 0. The second-order valence-corrected chi connectivity index (χ2v) is 44.5. The zero-order valence-corrected chi connectivity index (χ0v) is 81.1. The van der Waals surface area contributed by atoms with Gasteiger partial charge in [-0.2, -0.15) is 0 Å². The molecule has 0 aliphatic heterocycles. The minimum Gasteiger partial charge on any atom is -0.499 e. The van der Waals surface area contributed by atoms with Crippen LogP contribution in [0.5, 0.6) is 0 Å². The van der Waals surface area contributed by atoms with Crippen molar-refractivity contribution in [3.8, 4) is 67.5 Å². The minimum atomic E-state index is -1.76. The third-order valence-electron chi connectivity index (χ3n) is 22.0. The first-order valence-electron chi connectivity index (χ1n) is 40.8. The van der Waals surface area contributed by atoms with E-state index >= 15 is 0 Å². The van der Waals surface area contributed by atoms with E-state index in [2.05, 4.69) is 270 Å². The summed E-state index contributed by atoms with van der Waals surface area (Å²) in [4.78, 5) is 40.4. The SMILES string of the molecule is C[Si](C)(c1ccccc1)c1ccc(-c2[c-]nc3oc4ccccc4c3c2)nc1.Cc1cc2c(oc3c[c-]c(-c4ccc([Si](C)(C)c5ccccc5)cn4)cc32)c(C)n1.Cc1ccc2c(n1)oc1c[c-]c(-c3ccc([Si](C)(C)c4ccccc4)cn3)cc12.[Ir].[Ir].[Ir].[c-]1ccccc1-c1ccccn1.[c-]1ccccc1-c1ccccn1.[c-]1ccccc1-c1ccccn1. The molecule has 0 saturated heterocycles. The Labute approximate surface area is 779 Å². The molecule has 21 rings (SSSR count). The fraction of sp³-hybridized carbons (Fsp3) is 0.0833. The van der Waals surface area contributed by atoms with E-state index in [1.807, 2.05) is 203 Å². The Morgan fingerprint density at radius 2 is 0.651 bits per heavy atom. The smallest absolute Gasteiger partial charge is 0.216 e. The van der Waals surface area contributed by atoms with Crippen LogP contribution in [0.15, 0.2) is 378 Å². The fourth-order valence-electron chi connectivity index (χ4n) is 14.8. The van der Waals surface area contributed by atoms with E-state index in [1.54, 1.807) is 18.6 Å². The van der Waals surface area contributed by atoms with Crippen LogP contribution in [0.1, 0.15) is 17.1 Å².